The Morgan fingerprint density at radius 1 is 1.29 bits per heavy atom. The van der Waals surface area contributed by atoms with Gasteiger partial charge in [0.1, 0.15) is 6.08 Å². The van der Waals surface area contributed by atoms with Crippen LogP contribution in [0.4, 0.5) is 16.4 Å². The van der Waals surface area contributed by atoms with E-state index in [1.54, 1.807) is 0 Å². The minimum atomic E-state index is -2.41. The number of halogens is 4. The maximum atomic E-state index is 10.2. The van der Waals surface area contributed by atoms with Gasteiger partial charge in [-0.3, -0.25) is 0 Å². The molecule has 0 spiro atoms. The first-order chi connectivity index (χ1) is 3.27. The van der Waals surface area contributed by atoms with Crippen molar-refractivity contribution >= 4 is 0 Å². The fraction of sp³-hybridized carbons (Fsp3) is 0. The topological polar surface area (TPSA) is 0 Å². The molecule has 0 aliphatic rings. The Morgan fingerprint density at radius 2 is 1.43 bits per heavy atom. The molecule has 0 aliphatic carbocycles. The van der Waals surface area contributed by atoms with Crippen molar-refractivity contribution in [1.29, 1.82) is 0 Å². The van der Waals surface area contributed by atoms with Gasteiger partial charge in [0.05, 0.1) is 0 Å². The van der Waals surface area contributed by atoms with E-state index in [0.717, 1.165) is 0 Å². The van der Waals surface area contributed by atoms with Gasteiger partial charge in [0.25, 0.3) is 0 Å². The van der Waals surface area contributed by atoms with E-state index < -0.39 is 6.08 Å². The summed E-state index contributed by atoms with van der Waals surface area (Å²) in [5.41, 5.74) is 0. The third-order valence-corrected chi connectivity index (χ3v) is 0.0714. The third kappa shape index (κ3) is 23.1. The zero-order valence-corrected chi connectivity index (χ0v) is 4.38. The first-order valence-corrected chi connectivity index (χ1v) is 1.52. The molecule has 0 aliphatic heterocycles. The molecule has 0 N–H and O–H groups in total. The van der Waals surface area contributed by atoms with Gasteiger partial charge in [-0.15, -0.1) is 0 Å². The van der Waals surface area contributed by atoms with Gasteiger partial charge >= 0.3 is 22.9 Å². The number of rotatable bonds is 0. The molecule has 0 aromatic carbocycles. The predicted molar refractivity (Wildman–Crippen MR) is 11.2 cm³/mol. The van der Waals surface area contributed by atoms with Gasteiger partial charge in [0.2, 0.25) is 0 Å². The van der Waals surface area contributed by atoms with Gasteiger partial charge in [-0.05, 0) is 0 Å². The Morgan fingerprint density at radius 3 is 1.43 bits per heavy atom. The minimum absolute atomic E-state index is 0.111. The van der Waals surface area contributed by atoms with E-state index in [9.17, 15) is 16.4 Å². The van der Waals surface area contributed by atoms with E-state index in [4.69, 9.17) is 0 Å². The molecule has 0 atom stereocenters. The molecule has 0 saturated heterocycles. The second kappa shape index (κ2) is 9.45. The molecule has 0 aromatic heterocycles. The quantitative estimate of drug-likeness (QED) is 0.323. The standard InChI is InChI=1S/C2F3.FH.Pd/c3-1-2(4)5;;/h;1H;/q-1;;+2/p-1. The molecule has 0 heterocycles. The van der Waals surface area contributed by atoms with Crippen LogP contribution in [0, 0.1) is 6.33 Å². The molecule has 0 radical (unpaired) electrons. The van der Waals surface area contributed by atoms with Gasteiger partial charge in [-0.2, -0.15) is 0 Å². The van der Waals surface area contributed by atoms with Crippen molar-refractivity contribution in [3.8, 4) is 0 Å². The summed E-state index contributed by atoms with van der Waals surface area (Å²) in [6, 6.07) is 0. The van der Waals surface area contributed by atoms with Crippen LogP contribution >= 0.6 is 0 Å². The molecular formula is C2F4Pd. The average Bonchev–Trinajstić information content (AvgIpc) is 1.73. The van der Waals surface area contributed by atoms with Crippen molar-refractivity contribution in [2.75, 3.05) is 0 Å². The first-order valence-electron chi connectivity index (χ1n) is 0.936. The zero-order valence-electron chi connectivity index (χ0n) is 2.83. The maximum absolute atomic E-state index is 10.2. The summed E-state index contributed by atoms with van der Waals surface area (Å²) < 4.78 is 39.8. The Bertz CT molecular complexity index is 47.7. The van der Waals surface area contributed by atoms with Gasteiger partial charge in [-0.25, -0.2) is 15.1 Å². The summed E-state index contributed by atoms with van der Waals surface area (Å²) in [6.45, 7) is 0. The van der Waals surface area contributed by atoms with E-state index in [1.807, 2.05) is 0 Å². The molecule has 0 bridgehead atoms. The molecule has 5 heteroatoms. The van der Waals surface area contributed by atoms with Crippen LogP contribution in [0.2, 0.25) is 0 Å². The second-order valence-corrected chi connectivity index (χ2v) is 0.355. The van der Waals surface area contributed by atoms with Crippen LogP contribution in [0.5, 0.6) is 0 Å². The molecule has 0 saturated carbocycles. The average molecular weight is 206 g/mol. The fourth-order valence-electron chi connectivity index (χ4n) is 0. The van der Waals surface area contributed by atoms with Crippen molar-refractivity contribution < 1.29 is 36.1 Å². The number of hydrogen-bond donors (Lipinski definition) is 0. The normalized spacial score (nSPS) is 6.00. The van der Waals surface area contributed by atoms with Crippen molar-refractivity contribution in [2.24, 2.45) is 0 Å². The molecule has 0 rings (SSSR count). The zero-order chi connectivity index (χ0) is 6.28. The molecule has 0 unspecified atom stereocenters. The molecule has 7 heavy (non-hydrogen) atoms. The fourth-order valence-corrected chi connectivity index (χ4v) is 0. The summed E-state index contributed by atoms with van der Waals surface area (Å²) in [6.07, 6.45) is -2.30. The van der Waals surface area contributed by atoms with Crippen LogP contribution in [0.3, 0.4) is 0 Å². The Kier molecular flexibility index (Phi) is 13.7. The summed E-state index contributed by atoms with van der Waals surface area (Å²) in [5.74, 6) is 0. The monoisotopic (exact) mass is 206 g/mol. The van der Waals surface area contributed by atoms with Crippen LogP contribution in [-0.2, 0) is 19.7 Å². The molecular weight excluding hydrogens is 206 g/mol. The first kappa shape index (κ1) is 10.2. The van der Waals surface area contributed by atoms with Crippen molar-refractivity contribution in [2.45, 2.75) is 0 Å². The summed E-state index contributed by atoms with van der Waals surface area (Å²) >= 11 is 1.25. The van der Waals surface area contributed by atoms with E-state index in [-0.39, 0.29) is 6.33 Å². The van der Waals surface area contributed by atoms with E-state index in [1.165, 1.54) is 19.7 Å². The molecule has 46 valence electrons. The van der Waals surface area contributed by atoms with E-state index in [2.05, 4.69) is 0 Å². The SMILES string of the molecule is F[C-]=C(F)F.[F][Pd+]. The van der Waals surface area contributed by atoms with Gasteiger partial charge in [-0.1, -0.05) is 0 Å². The van der Waals surface area contributed by atoms with Gasteiger partial charge in [0.15, 0.2) is 0 Å². The molecule has 0 amide bonds. The molecule has 0 aromatic rings. The van der Waals surface area contributed by atoms with Gasteiger partial charge in [0, 0.05) is 0 Å². The Hall–Kier alpha value is 0.122. The third-order valence-electron chi connectivity index (χ3n) is 0.0714. The van der Waals surface area contributed by atoms with Gasteiger partial charge < -0.3 is 4.39 Å². The van der Waals surface area contributed by atoms with Crippen molar-refractivity contribution in [3.05, 3.63) is 12.4 Å². The van der Waals surface area contributed by atoms with Crippen LogP contribution in [0.15, 0.2) is 6.08 Å². The van der Waals surface area contributed by atoms with Crippen LogP contribution in [0.25, 0.3) is 0 Å². The van der Waals surface area contributed by atoms with Crippen LogP contribution < -0.4 is 0 Å². The predicted octanol–water partition coefficient (Wildman–Crippen LogP) is 1.91. The Labute approximate surface area is 49.2 Å². The van der Waals surface area contributed by atoms with Crippen LogP contribution in [-0.4, -0.2) is 0 Å². The summed E-state index contributed by atoms with van der Waals surface area (Å²) in [5, 5.41) is 0. The van der Waals surface area contributed by atoms with E-state index in [0.29, 0.717) is 0 Å². The van der Waals surface area contributed by atoms with Crippen LogP contribution in [0.1, 0.15) is 0 Å². The molecule has 0 fully saturated rings. The van der Waals surface area contributed by atoms with E-state index >= 15 is 0 Å². The summed E-state index contributed by atoms with van der Waals surface area (Å²) in [4.78, 5) is 0. The van der Waals surface area contributed by atoms with Crippen molar-refractivity contribution in [3.63, 3.8) is 0 Å². The van der Waals surface area contributed by atoms with Crippen molar-refractivity contribution in [1.82, 2.24) is 0 Å². The number of hydrogen-bond acceptors (Lipinski definition) is 0. The molecule has 0 nitrogen and oxygen atoms in total. The Balaban J connectivity index is 0. The second-order valence-electron chi connectivity index (χ2n) is 0.355. The summed E-state index contributed by atoms with van der Waals surface area (Å²) in [7, 11) is 0.